The summed E-state index contributed by atoms with van der Waals surface area (Å²) in [5.41, 5.74) is -0.419. The molecule has 0 aliphatic rings. The number of halogens is 10. The molecule has 1 rings (SSSR count). The highest BCUT2D eigenvalue weighted by Crippen LogP contribution is 2.39. The van der Waals surface area contributed by atoms with Crippen LogP contribution in [0.2, 0.25) is 0 Å². The van der Waals surface area contributed by atoms with Gasteiger partial charge in [0.2, 0.25) is 0 Å². The number of hydrogen-bond acceptors (Lipinski definition) is 4. The van der Waals surface area contributed by atoms with Gasteiger partial charge in [0.25, 0.3) is 0 Å². The van der Waals surface area contributed by atoms with E-state index in [1.165, 1.54) is 6.07 Å². The van der Waals surface area contributed by atoms with E-state index in [1.807, 2.05) is 0 Å². The molecular weight excluding hydrogens is 472 g/mol. The van der Waals surface area contributed by atoms with Crippen molar-refractivity contribution in [2.75, 3.05) is 20.2 Å². The predicted molar refractivity (Wildman–Crippen MR) is 86.1 cm³/mol. The lowest BCUT2D eigenvalue weighted by Gasteiger charge is -2.31. The number of alkyl halides is 10. The van der Waals surface area contributed by atoms with Crippen LogP contribution in [0.15, 0.2) is 24.3 Å². The summed E-state index contributed by atoms with van der Waals surface area (Å²) < 4.78 is 137. The van der Waals surface area contributed by atoms with Crippen LogP contribution in [0, 0.1) is 0 Å². The maximum Gasteiger partial charge on any atom is 0.465 e. The number of carbonyl (C=O) groups excluding carboxylic acids is 2. The fourth-order valence-corrected chi connectivity index (χ4v) is 2.25. The van der Waals surface area contributed by atoms with E-state index < -0.39 is 60.8 Å². The third kappa shape index (κ3) is 5.73. The SMILES string of the molecule is CCN(C[C@@H](OC(=O)C(F)(F)C(F)(F)F)c1cccc(OC)c1)C(=O)C(F)(F)C(F)(F)F. The van der Waals surface area contributed by atoms with E-state index in [-0.39, 0.29) is 10.6 Å². The first kappa shape index (κ1) is 27.3. The minimum absolute atomic E-state index is 0.0545. The van der Waals surface area contributed by atoms with Crippen LogP contribution in [-0.4, -0.2) is 61.2 Å². The summed E-state index contributed by atoms with van der Waals surface area (Å²) in [5.74, 6) is -18.0. The van der Waals surface area contributed by atoms with Gasteiger partial charge in [-0.2, -0.15) is 43.9 Å². The molecule has 0 aliphatic heterocycles. The summed E-state index contributed by atoms with van der Waals surface area (Å²) in [6.07, 6.45) is -15.0. The standard InChI is InChI=1S/C17H15F10NO4/c1-3-28(12(29)14(18,19)16(22,23)24)8-11(9-5-4-6-10(7-9)31-2)32-13(30)15(20,21)17(25,26)27/h4-7,11H,3,8H2,1-2H3/t11-/m1/s1. The van der Waals surface area contributed by atoms with Gasteiger partial charge < -0.3 is 14.4 Å². The molecule has 5 nitrogen and oxygen atoms in total. The van der Waals surface area contributed by atoms with Crippen LogP contribution >= 0.6 is 0 Å². The number of methoxy groups -OCH3 is 1. The molecule has 0 spiro atoms. The van der Waals surface area contributed by atoms with Crippen molar-refractivity contribution in [3.05, 3.63) is 29.8 Å². The minimum atomic E-state index is -6.38. The van der Waals surface area contributed by atoms with Crippen LogP contribution < -0.4 is 4.74 Å². The van der Waals surface area contributed by atoms with Gasteiger partial charge in [-0.15, -0.1) is 0 Å². The molecule has 182 valence electrons. The maximum atomic E-state index is 13.4. The van der Waals surface area contributed by atoms with Gasteiger partial charge >= 0.3 is 36.1 Å². The molecule has 0 saturated carbocycles. The Kier molecular flexibility index (Phi) is 8.02. The molecule has 0 bridgehead atoms. The Balaban J connectivity index is 3.37. The number of benzene rings is 1. The van der Waals surface area contributed by atoms with Gasteiger partial charge in [0.1, 0.15) is 11.9 Å². The Bertz CT molecular complexity index is 822. The third-order valence-corrected chi connectivity index (χ3v) is 4.01. The monoisotopic (exact) mass is 487 g/mol. The molecule has 1 aromatic rings. The largest absolute Gasteiger partial charge is 0.497 e. The van der Waals surface area contributed by atoms with Gasteiger partial charge in [-0.25, -0.2) is 4.79 Å². The summed E-state index contributed by atoms with van der Waals surface area (Å²) in [5, 5.41) is 0. The molecule has 1 atom stereocenters. The lowest BCUT2D eigenvalue weighted by atomic mass is 10.1. The number of carbonyl (C=O) groups is 2. The van der Waals surface area contributed by atoms with Crippen LogP contribution in [0.25, 0.3) is 0 Å². The van der Waals surface area contributed by atoms with E-state index in [4.69, 9.17) is 4.74 Å². The summed E-state index contributed by atoms with van der Waals surface area (Å²) in [4.78, 5) is 23.0. The fraction of sp³-hybridized carbons (Fsp3) is 0.529. The molecule has 32 heavy (non-hydrogen) atoms. The van der Waals surface area contributed by atoms with Gasteiger partial charge in [-0.1, -0.05) is 12.1 Å². The van der Waals surface area contributed by atoms with E-state index >= 15 is 0 Å². The summed E-state index contributed by atoms with van der Waals surface area (Å²) in [6, 6.07) is 4.31. The number of esters is 1. The van der Waals surface area contributed by atoms with Crippen LogP contribution in [0.5, 0.6) is 5.75 Å². The van der Waals surface area contributed by atoms with E-state index in [1.54, 1.807) is 0 Å². The van der Waals surface area contributed by atoms with Crippen LogP contribution in [0.1, 0.15) is 18.6 Å². The molecule has 0 unspecified atom stereocenters. The van der Waals surface area contributed by atoms with Gasteiger partial charge in [-0.3, -0.25) is 4.79 Å². The van der Waals surface area contributed by atoms with Gasteiger partial charge in [0.05, 0.1) is 13.7 Å². The Morgan fingerprint density at radius 1 is 0.938 bits per heavy atom. The predicted octanol–water partition coefficient (Wildman–Crippen LogP) is 4.52. The molecule has 0 aliphatic carbocycles. The van der Waals surface area contributed by atoms with Crippen molar-refractivity contribution < 1.29 is 63.0 Å². The highest BCUT2D eigenvalue weighted by atomic mass is 19.4. The number of ether oxygens (including phenoxy) is 2. The second-order valence-electron chi connectivity index (χ2n) is 6.16. The van der Waals surface area contributed by atoms with Crippen molar-refractivity contribution >= 4 is 11.9 Å². The van der Waals surface area contributed by atoms with Crippen molar-refractivity contribution in [3.63, 3.8) is 0 Å². The average molecular weight is 487 g/mol. The molecule has 0 heterocycles. The topological polar surface area (TPSA) is 55.8 Å². The van der Waals surface area contributed by atoms with Gasteiger partial charge in [0.15, 0.2) is 0 Å². The molecule has 0 fully saturated rings. The van der Waals surface area contributed by atoms with E-state index in [0.29, 0.717) is 0 Å². The number of nitrogens with zero attached hydrogens (tertiary/aromatic N) is 1. The van der Waals surface area contributed by atoms with Crippen molar-refractivity contribution in [2.45, 2.75) is 37.2 Å². The Hall–Kier alpha value is -2.74. The van der Waals surface area contributed by atoms with E-state index in [9.17, 15) is 53.5 Å². The van der Waals surface area contributed by atoms with Crippen molar-refractivity contribution in [1.29, 1.82) is 0 Å². The molecule has 0 N–H and O–H groups in total. The van der Waals surface area contributed by atoms with E-state index in [0.717, 1.165) is 32.2 Å². The average Bonchev–Trinajstić information content (AvgIpc) is 2.68. The van der Waals surface area contributed by atoms with E-state index in [2.05, 4.69) is 4.74 Å². The Labute approximate surface area is 173 Å². The van der Waals surface area contributed by atoms with Crippen LogP contribution in [0.4, 0.5) is 43.9 Å². The molecule has 1 amide bonds. The minimum Gasteiger partial charge on any atom is -0.497 e. The number of hydrogen-bond donors (Lipinski definition) is 0. The second-order valence-corrected chi connectivity index (χ2v) is 6.16. The maximum absolute atomic E-state index is 13.4. The zero-order valence-electron chi connectivity index (χ0n) is 16.2. The van der Waals surface area contributed by atoms with Gasteiger partial charge in [-0.05, 0) is 24.6 Å². The third-order valence-electron chi connectivity index (χ3n) is 4.01. The zero-order valence-corrected chi connectivity index (χ0v) is 16.2. The molecule has 0 radical (unpaired) electrons. The Morgan fingerprint density at radius 2 is 1.47 bits per heavy atom. The first-order chi connectivity index (χ1) is 14.4. The molecule has 0 saturated heterocycles. The second kappa shape index (κ2) is 9.40. The lowest BCUT2D eigenvalue weighted by molar-refractivity contribution is -0.283. The quantitative estimate of drug-likeness (QED) is 0.400. The van der Waals surface area contributed by atoms with Crippen LogP contribution in [0.3, 0.4) is 0 Å². The summed E-state index contributed by atoms with van der Waals surface area (Å²) in [6.45, 7) is -1.33. The first-order valence-electron chi connectivity index (χ1n) is 8.43. The molecule has 1 aromatic carbocycles. The Morgan fingerprint density at radius 3 is 1.91 bits per heavy atom. The molecule has 0 aromatic heterocycles. The van der Waals surface area contributed by atoms with Crippen molar-refractivity contribution in [3.8, 4) is 5.75 Å². The zero-order chi connectivity index (χ0) is 25.1. The van der Waals surface area contributed by atoms with Gasteiger partial charge in [0, 0.05) is 6.54 Å². The number of likely N-dealkylation sites (N-methyl/N-ethyl adjacent to an activating group) is 1. The first-order valence-corrected chi connectivity index (χ1v) is 8.43. The highest BCUT2D eigenvalue weighted by Gasteiger charge is 2.66. The normalized spacial score (nSPS) is 14.0. The van der Waals surface area contributed by atoms with Crippen LogP contribution in [-0.2, 0) is 14.3 Å². The smallest absolute Gasteiger partial charge is 0.465 e. The lowest BCUT2D eigenvalue weighted by Crippen LogP contribution is -2.53. The number of amides is 1. The molecule has 15 heteroatoms. The molecular formula is C17H15F10NO4. The number of rotatable bonds is 8. The van der Waals surface area contributed by atoms with Crippen molar-refractivity contribution in [1.82, 2.24) is 4.90 Å². The summed E-state index contributed by atoms with van der Waals surface area (Å²) >= 11 is 0. The summed E-state index contributed by atoms with van der Waals surface area (Å²) in [7, 11) is 1.11. The highest BCUT2D eigenvalue weighted by molar-refractivity contribution is 5.84. The van der Waals surface area contributed by atoms with Crippen molar-refractivity contribution in [2.24, 2.45) is 0 Å². The fourth-order valence-electron chi connectivity index (χ4n) is 2.25.